The van der Waals surface area contributed by atoms with E-state index in [2.05, 4.69) is 5.32 Å². The molecular formula is C13H16F2N2O2. The van der Waals surface area contributed by atoms with Gasteiger partial charge in [-0.05, 0) is 25.5 Å². The quantitative estimate of drug-likeness (QED) is 0.872. The van der Waals surface area contributed by atoms with E-state index >= 15 is 0 Å². The number of amides is 1. The second-order valence-electron chi connectivity index (χ2n) is 5.10. The number of aliphatic hydroxyl groups is 1. The van der Waals surface area contributed by atoms with Crippen molar-refractivity contribution >= 4 is 11.6 Å². The Hall–Kier alpha value is -1.53. The summed E-state index contributed by atoms with van der Waals surface area (Å²) in [4.78, 5) is 13.5. The van der Waals surface area contributed by atoms with Crippen molar-refractivity contribution in [3.8, 4) is 0 Å². The molecule has 1 aliphatic heterocycles. The van der Waals surface area contributed by atoms with Gasteiger partial charge in [0.05, 0.1) is 12.1 Å². The van der Waals surface area contributed by atoms with Gasteiger partial charge in [-0.25, -0.2) is 8.78 Å². The molecule has 104 valence electrons. The number of anilines is 1. The molecule has 2 rings (SSSR count). The first-order chi connectivity index (χ1) is 8.87. The zero-order valence-electron chi connectivity index (χ0n) is 10.6. The average Bonchev–Trinajstić information content (AvgIpc) is 2.63. The number of β-amino-alcohol motifs (C(OH)–C–C–N with tert-alkyl or cyclic N) is 1. The monoisotopic (exact) mass is 270 g/mol. The first kappa shape index (κ1) is 13.9. The zero-order chi connectivity index (χ0) is 14.0. The van der Waals surface area contributed by atoms with Crippen LogP contribution in [0.4, 0.5) is 14.5 Å². The van der Waals surface area contributed by atoms with Crippen molar-refractivity contribution in [3.05, 3.63) is 29.8 Å². The highest BCUT2D eigenvalue weighted by molar-refractivity contribution is 5.92. The lowest BCUT2D eigenvalue weighted by Gasteiger charge is -2.18. The smallest absolute Gasteiger partial charge is 0.238 e. The van der Waals surface area contributed by atoms with E-state index in [9.17, 15) is 18.7 Å². The van der Waals surface area contributed by atoms with Crippen LogP contribution in [0.15, 0.2) is 18.2 Å². The zero-order valence-corrected chi connectivity index (χ0v) is 10.6. The van der Waals surface area contributed by atoms with Crippen molar-refractivity contribution in [2.45, 2.75) is 18.9 Å². The van der Waals surface area contributed by atoms with Gasteiger partial charge in [-0.15, -0.1) is 0 Å². The van der Waals surface area contributed by atoms with Crippen LogP contribution < -0.4 is 5.32 Å². The van der Waals surface area contributed by atoms with Gasteiger partial charge in [0.2, 0.25) is 5.91 Å². The lowest BCUT2D eigenvalue weighted by molar-refractivity contribution is -0.117. The van der Waals surface area contributed by atoms with E-state index < -0.39 is 28.8 Å². The number of para-hydroxylation sites is 1. The summed E-state index contributed by atoms with van der Waals surface area (Å²) in [5, 5.41) is 12.0. The SMILES string of the molecule is CC1(O)CCN(CC(=O)Nc2c(F)cccc2F)C1. The Balaban J connectivity index is 1.95. The number of nitrogens with zero attached hydrogens (tertiary/aromatic N) is 1. The third kappa shape index (κ3) is 3.48. The summed E-state index contributed by atoms with van der Waals surface area (Å²) in [7, 11) is 0. The molecule has 1 unspecified atom stereocenters. The fraction of sp³-hybridized carbons (Fsp3) is 0.462. The Kier molecular flexibility index (Phi) is 3.82. The summed E-state index contributed by atoms with van der Waals surface area (Å²) in [5.74, 6) is -2.11. The Morgan fingerprint density at radius 3 is 2.63 bits per heavy atom. The Morgan fingerprint density at radius 2 is 2.11 bits per heavy atom. The number of nitrogens with one attached hydrogen (secondary N) is 1. The van der Waals surface area contributed by atoms with Gasteiger partial charge < -0.3 is 10.4 Å². The van der Waals surface area contributed by atoms with E-state index in [-0.39, 0.29) is 6.54 Å². The topological polar surface area (TPSA) is 52.6 Å². The minimum absolute atomic E-state index is 0.00389. The predicted molar refractivity (Wildman–Crippen MR) is 66.7 cm³/mol. The van der Waals surface area contributed by atoms with Gasteiger partial charge >= 0.3 is 0 Å². The maximum Gasteiger partial charge on any atom is 0.238 e. The molecule has 0 bridgehead atoms. The third-order valence-corrected chi connectivity index (χ3v) is 3.13. The van der Waals surface area contributed by atoms with Crippen LogP contribution in [0.2, 0.25) is 0 Å². The second-order valence-corrected chi connectivity index (χ2v) is 5.10. The van der Waals surface area contributed by atoms with Crippen molar-refractivity contribution in [3.63, 3.8) is 0 Å². The summed E-state index contributed by atoms with van der Waals surface area (Å²) in [6, 6.07) is 3.40. The van der Waals surface area contributed by atoms with E-state index in [4.69, 9.17) is 0 Å². The molecule has 0 saturated carbocycles. The van der Waals surface area contributed by atoms with Gasteiger partial charge in [0.25, 0.3) is 0 Å². The Morgan fingerprint density at radius 1 is 1.47 bits per heavy atom. The molecular weight excluding hydrogens is 254 g/mol. The molecule has 1 saturated heterocycles. The summed E-state index contributed by atoms with van der Waals surface area (Å²) >= 11 is 0. The highest BCUT2D eigenvalue weighted by Crippen LogP contribution is 2.21. The van der Waals surface area contributed by atoms with Gasteiger partial charge in [-0.2, -0.15) is 0 Å². The van der Waals surface area contributed by atoms with Crippen LogP contribution in [0.5, 0.6) is 0 Å². The number of halogens is 2. The molecule has 1 amide bonds. The van der Waals surface area contributed by atoms with Crippen molar-refractivity contribution < 1.29 is 18.7 Å². The van der Waals surface area contributed by atoms with E-state index in [1.54, 1.807) is 11.8 Å². The highest BCUT2D eigenvalue weighted by atomic mass is 19.1. The first-order valence-corrected chi connectivity index (χ1v) is 6.06. The van der Waals surface area contributed by atoms with Crippen LogP contribution in [-0.2, 0) is 4.79 Å². The molecule has 0 radical (unpaired) electrons. The molecule has 19 heavy (non-hydrogen) atoms. The molecule has 0 spiro atoms. The highest BCUT2D eigenvalue weighted by Gasteiger charge is 2.32. The van der Waals surface area contributed by atoms with Crippen molar-refractivity contribution in [1.29, 1.82) is 0 Å². The van der Waals surface area contributed by atoms with Gasteiger partial charge in [0, 0.05) is 13.1 Å². The van der Waals surface area contributed by atoms with Crippen LogP contribution in [0, 0.1) is 11.6 Å². The normalized spacial score (nSPS) is 23.6. The van der Waals surface area contributed by atoms with Crippen LogP contribution in [0.1, 0.15) is 13.3 Å². The van der Waals surface area contributed by atoms with Gasteiger partial charge in [0.1, 0.15) is 17.3 Å². The molecule has 2 N–H and O–H groups in total. The van der Waals surface area contributed by atoms with E-state index in [0.29, 0.717) is 19.5 Å². The molecule has 1 atom stereocenters. The summed E-state index contributed by atoms with van der Waals surface area (Å²) in [6.45, 7) is 2.66. The molecule has 6 heteroatoms. The minimum atomic E-state index is -0.804. The van der Waals surface area contributed by atoms with Crippen molar-refractivity contribution in [2.75, 3.05) is 25.0 Å². The van der Waals surface area contributed by atoms with Gasteiger partial charge in [0.15, 0.2) is 0 Å². The number of carbonyl (C=O) groups is 1. The van der Waals surface area contributed by atoms with Gasteiger partial charge in [-0.1, -0.05) is 6.07 Å². The molecule has 0 aromatic heterocycles. The number of hydrogen-bond acceptors (Lipinski definition) is 3. The van der Waals surface area contributed by atoms with Crippen molar-refractivity contribution in [1.82, 2.24) is 4.90 Å². The fourth-order valence-electron chi connectivity index (χ4n) is 2.17. The fourth-order valence-corrected chi connectivity index (χ4v) is 2.17. The van der Waals surface area contributed by atoms with E-state index in [1.165, 1.54) is 6.07 Å². The van der Waals surface area contributed by atoms with Gasteiger partial charge in [-0.3, -0.25) is 9.69 Å². The Labute approximate surface area is 110 Å². The van der Waals surface area contributed by atoms with Crippen LogP contribution in [0.3, 0.4) is 0 Å². The average molecular weight is 270 g/mol. The summed E-state index contributed by atoms with van der Waals surface area (Å²) < 4.78 is 26.7. The number of rotatable bonds is 3. The third-order valence-electron chi connectivity index (χ3n) is 3.13. The molecule has 4 nitrogen and oxygen atoms in total. The first-order valence-electron chi connectivity index (χ1n) is 6.06. The number of carbonyl (C=O) groups excluding carboxylic acids is 1. The van der Waals surface area contributed by atoms with Crippen LogP contribution >= 0.6 is 0 Å². The number of hydrogen-bond donors (Lipinski definition) is 2. The standard InChI is InChI=1S/C13H16F2N2O2/c1-13(19)5-6-17(8-13)7-11(18)16-12-9(14)3-2-4-10(12)15/h2-4,19H,5-8H2,1H3,(H,16,18). The lowest BCUT2D eigenvalue weighted by Crippen LogP contribution is -2.35. The molecule has 1 heterocycles. The van der Waals surface area contributed by atoms with Crippen molar-refractivity contribution in [2.24, 2.45) is 0 Å². The molecule has 0 aliphatic carbocycles. The molecule has 1 aromatic rings. The molecule has 1 aromatic carbocycles. The second kappa shape index (κ2) is 5.22. The Bertz CT molecular complexity index is 471. The maximum atomic E-state index is 13.3. The lowest BCUT2D eigenvalue weighted by atomic mass is 10.1. The summed E-state index contributed by atoms with van der Waals surface area (Å²) in [5.41, 5.74) is -1.23. The largest absolute Gasteiger partial charge is 0.389 e. The van der Waals surface area contributed by atoms with E-state index in [0.717, 1.165) is 12.1 Å². The predicted octanol–water partition coefficient (Wildman–Crippen LogP) is 1.36. The molecule has 1 fully saturated rings. The maximum absolute atomic E-state index is 13.3. The minimum Gasteiger partial charge on any atom is -0.389 e. The van der Waals surface area contributed by atoms with E-state index in [1.807, 2.05) is 0 Å². The molecule has 1 aliphatic rings. The number of likely N-dealkylation sites (tertiary alicyclic amines) is 1. The van der Waals surface area contributed by atoms with Crippen LogP contribution in [-0.4, -0.2) is 41.1 Å². The van der Waals surface area contributed by atoms with Crippen LogP contribution in [0.25, 0.3) is 0 Å². The summed E-state index contributed by atoms with van der Waals surface area (Å²) in [6.07, 6.45) is 0.578. The number of benzene rings is 1.